The molecule has 0 aliphatic rings. The van der Waals surface area contributed by atoms with Crippen LogP contribution in [0.2, 0.25) is 0 Å². The molecule has 86 valence electrons. The second-order valence-electron chi connectivity index (χ2n) is 3.53. The first-order chi connectivity index (χ1) is 7.48. The zero-order valence-corrected chi connectivity index (χ0v) is 9.11. The lowest BCUT2D eigenvalue weighted by molar-refractivity contribution is 0.234. The van der Waals surface area contributed by atoms with E-state index in [-0.39, 0.29) is 6.42 Å². The lowest BCUT2D eigenvalue weighted by Gasteiger charge is -2.05. The molecule has 0 bridgehead atoms. The Labute approximate surface area is 92.5 Å². The molecule has 0 radical (unpaired) electrons. The average Bonchev–Trinajstić information content (AvgIpc) is 2.61. The van der Waals surface area contributed by atoms with Gasteiger partial charge in [-0.25, -0.2) is 0 Å². The molecule has 0 aliphatic carbocycles. The van der Waals surface area contributed by atoms with Gasteiger partial charge in [-0.1, -0.05) is 18.2 Å². The number of aliphatic hydroxyl groups is 1. The van der Waals surface area contributed by atoms with Crippen molar-refractivity contribution in [1.29, 1.82) is 0 Å². The molecule has 2 aromatic rings. The molecule has 1 aromatic carbocycles. The van der Waals surface area contributed by atoms with Gasteiger partial charge < -0.3 is 10.1 Å². The maximum Gasteiger partial charge on any atom is 0.292 e. The predicted octanol–water partition coefficient (Wildman–Crippen LogP) is 0.917. The van der Waals surface area contributed by atoms with Crippen LogP contribution in [0.3, 0.4) is 0 Å². The Bertz CT molecular complexity index is 602. The van der Waals surface area contributed by atoms with E-state index < -0.39 is 15.6 Å². The zero-order chi connectivity index (χ0) is 11.8. The van der Waals surface area contributed by atoms with E-state index in [1.165, 1.54) is 0 Å². The minimum atomic E-state index is -4.41. The van der Waals surface area contributed by atoms with Gasteiger partial charge in [-0.05, 0) is 11.6 Å². The van der Waals surface area contributed by atoms with Crippen molar-refractivity contribution in [1.82, 2.24) is 4.98 Å². The largest absolute Gasteiger partial charge is 0.375 e. The third kappa shape index (κ3) is 2.08. The first kappa shape index (κ1) is 11.1. The van der Waals surface area contributed by atoms with Crippen LogP contribution in [0.15, 0.2) is 30.5 Å². The molecule has 1 aromatic heterocycles. The molecular formula is C10H11NO4S. The number of aliphatic hydroxyl groups excluding tert-OH is 1. The van der Waals surface area contributed by atoms with Crippen molar-refractivity contribution in [2.75, 3.05) is 0 Å². The highest BCUT2D eigenvalue weighted by molar-refractivity contribution is 7.86. The van der Waals surface area contributed by atoms with Crippen molar-refractivity contribution < 1.29 is 18.1 Å². The van der Waals surface area contributed by atoms with Crippen LogP contribution >= 0.6 is 0 Å². The number of nitrogens with one attached hydrogen (secondary N) is 1. The van der Waals surface area contributed by atoms with E-state index in [1.54, 1.807) is 6.20 Å². The highest BCUT2D eigenvalue weighted by Gasteiger charge is 2.21. The number of para-hydroxylation sites is 1. The van der Waals surface area contributed by atoms with E-state index in [9.17, 15) is 13.5 Å². The Hall–Kier alpha value is -1.37. The van der Waals surface area contributed by atoms with Crippen LogP contribution in [0.1, 0.15) is 5.56 Å². The lowest BCUT2D eigenvalue weighted by Crippen LogP contribution is -2.22. The van der Waals surface area contributed by atoms with E-state index in [4.69, 9.17) is 4.55 Å². The first-order valence-electron chi connectivity index (χ1n) is 4.68. The number of H-pyrrole nitrogens is 1. The summed E-state index contributed by atoms with van der Waals surface area (Å²) in [6.07, 6.45) is 1.49. The normalized spacial score (nSPS) is 14.1. The molecule has 1 heterocycles. The van der Waals surface area contributed by atoms with Gasteiger partial charge in [-0.15, -0.1) is 0 Å². The Morgan fingerprint density at radius 1 is 1.31 bits per heavy atom. The van der Waals surface area contributed by atoms with Crippen LogP contribution in [-0.4, -0.2) is 28.5 Å². The summed E-state index contributed by atoms with van der Waals surface area (Å²) < 4.78 is 30.0. The summed E-state index contributed by atoms with van der Waals surface area (Å²) in [6, 6.07) is 7.33. The lowest BCUT2D eigenvalue weighted by atomic mass is 10.1. The summed E-state index contributed by atoms with van der Waals surface area (Å²) in [5.41, 5.74) is -0.271. The zero-order valence-electron chi connectivity index (χ0n) is 8.29. The Balaban J connectivity index is 2.35. The molecule has 0 unspecified atom stereocenters. The number of aromatic amines is 1. The molecule has 1 atom stereocenters. The molecular weight excluding hydrogens is 230 g/mol. The van der Waals surface area contributed by atoms with E-state index in [2.05, 4.69) is 4.98 Å². The summed E-state index contributed by atoms with van der Waals surface area (Å²) in [7, 11) is -4.41. The average molecular weight is 241 g/mol. The number of hydrogen-bond acceptors (Lipinski definition) is 3. The van der Waals surface area contributed by atoms with E-state index >= 15 is 0 Å². The fourth-order valence-corrected chi connectivity index (χ4v) is 1.98. The van der Waals surface area contributed by atoms with Gasteiger partial charge in [0, 0.05) is 23.5 Å². The molecule has 0 saturated carbocycles. The Morgan fingerprint density at radius 2 is 2.00 bits per heavy atom. The van der Waals surface area contributed by atoms with Gasteiger partial charge in [0.25, 0.3) is 10.1 Å². The monoisotopic (exact) mass is 241 g/mol. The summed E-state index contributed by atoms with van der Waals surface area (Å²) in [5.74, 6) is 0. The number of rotatable bonds is 3. The van der Waals surface area contributed by atoms with Gasteiger partial charge in [0.1, 0.15) is 0 Å². The maximum absolute atomic E-state index is 10.7. The molecule has 0 spiro atoms. The molecule has 3 N–H and O–H groups in total. The summed E-state index contributed by atoms with van der Waals surface area (Å²) >= 11 is 0. The number of aromatic nitrogens is 1. The quantitative estimate of drug-likeness (QED) is 0.697. The summed E-state index contributed by atoms with van der Waals surface area (Å²) in [6.45, 7) is 0. The van der Waals surface area contributed by atoms with Crippen molar-refractivity contribution in [2.24, 2.45) is 0 Å². The van der Waals surface area contributed by atoms with E-state index in [0.717, 1.165) is 10.9 Å². The highest BCUT2D eigenvalue weighted by atomic mass is 32.2. The maximum atomic E-state index is 10.7. The van der Waals surface area contributed by atoms with Gasteiger partial charge in [-0.3, -0.25) is 4.55 Å². The molecule has 6 heteroatoms. The predicted molar refractivity (Wildman–Crippen MR) is 59.6 cm³/mol. The van der Waals surface area contributed by atoms with Gasteiger partial charge in [0.05, 0.1) is 0 Å². The molecule has 0 aliphatic heterocycles. The third-order valence-corrected chi connectivity index (χ3v) is 3.27. The van der Waals surface area contributed by atoms with Crippen LogP contribution in [-0.2, 0) is 16.5 Å². The number of benzene rings is 1. The first-order valence-corrected chi connectivity index (χ1v) is 6.18. The number of hydrogen-bond donors (Lipinski definition) is 3. The Morgan fingerprint density at radius 3 is 2.69 bits per heavy atom. The van der Waals surface area contributed by atoms with Gasteiger partial charge in [0.2, 0.25) is 0 Å². The summed E-state index contributed by atoms with van der Waals surface area (Å²) in [5, 5.41) is 10.1. The molecule has 5 nitrogen and oxygen atoms in total. The summed E-state index contributed by atoms with van der Waals surface area (Å²) in [4.78, 5) is 2.96. The molecule has 0 amide bonds. The minimum absolute atomic E-state index is 0.136. The fourth-order valence-electron chi connectivity index (χ4n) is 1.59. The van der Waals surface area contributed by atoms with Gasteiger partial charge in [0.15, 0.2) is 5.44 Å². The van der Waals surface area contributed by atoms with Gasteiger partial charge >= 0.3 is 0 Å². The van der Waals surface area contributed by atoms with E-state index in [0.29, 0.717) is 5.56 Å². The van der Waals surface area contributed by atoms with Crippen molar-refractivity contribution in [3.05, 3.63) is 36.0 Å². The fraction of sp³-hybridized carbons (Fsp3) is 0.200. The molecule has 2 rings (SSSR count). The van der Waals surface area contributed by atoms with Crippen LogP contribution < -0.4 is 0 Å². The minimum Gasteiger partial charge on any atom is -0.375 e. The second kappa shape index (κ2) is 3.89. The smallest absolute Gasteiger partial charge is 0.292 e. The molecule has 16 heavy (non-hydrogen) atoms. The van der Waals surface area contributed by atoms with Crippen LogP contribution in [0.4, 0.5) is 0 Å². The SMILES string of the molecule is O=S(=O)(O)[C@@H](O)Cc1c[nH]c2ccccc12. The van der Waals surface area contributed by atoms with Crippen LogP contribution in [0, 0.1) is 0 Å². The molecule has 0 fully saturated rings. The van der Waals surface area contributed by atoms with Crippen LogP contribution in [0.25, 0.3) is 10.9 Å². The van der Waals surface area contributed by atoms with Gasteiger partial charge in [-0.2, -0.15) is 8.42 Å². The number of fused-ring (bicyclic) bond motifs is 1. The third-order valence-electron chi connectivity index (χ3n) is 2.41. The second-order valence-corrected chi connectivity index (χ2v) is 5.11. The standard InChI is InChI=1S/C10H11NO4S/c12-10(16(13,14)15)5-7-6-11-9-4-2-1-3-8(7)9/h1-4,6,10-12H,5H2,(H,13,14,15)/t10-/m1/s1. The van der Waals surface area contributed by atoms with E-state index in [1.807, 2.05) is 24.3 Å². The molecule has 0 saturated heterocycles. The van der Waals surface area contributed by atoms with Crippen LogP contribution in [0.5, 0.6) is 0 Å². The highest BCUT2D eigenvalue weighted by Crippen LogP contribution is 2.19. The Kier molecular flexibility index (Phi) is 2.71. The van der Waals surface area contributed by atoms with Crippen molar-refractivity contribution in [3.8, 4) is 0 Å². The van der Waals surface area contributed by atoms with Crippen molar-refractivity contribution in [2.45, 2.75) is 11.9 Å². The topological polar surface area (TPSA) is 90.4 Å². The van der Waals surface area contributed by atoms with Crippen molar-refractivity contribution >= 4 is 21.0 Å². The van der Waals surface area contributed by atoms with Crippen molar-refractivity contribution in [3.63, 3.8) is 0 Å².